The third-order valence-corrected chi connectivity index (χ3v) is 4.04. The molecule has 0 aliphatic heterocycles. The molecule has 0 atom stereocenters. The van der Waals surface area contributed by atoms with Crippen LogP contribution < -0.4 is 5.32 Å². The maximum absolute atomic E-state index is 12.0. The molecule has 5 nitrogen and oxygen atoms in total. The maximum Gasteiger partial charge on any atom is 0.343 e. The molecule has 116 valence electrons. The number of rotatable bonds is 5. The van der Waals surface area contributed by atoms with Gasteiger partial charge in [0, 0.05) is 17.7 Å². The number of hydrogen-bond donors (Lipinski definition) is 1. The topological polar surface area (TPSA) is 64.6 Å². The molecule has 0 saturated carbocycles. The van der Waals surface area contributed by atoms with Crippen LogP contribution in [0.4, 0.5) is 11.4 Å². The van der Waals surface area contributed by atoms with Crippen LogP contribution in [0.5, 0.6) is 0 Å². The Morgan fingerprint density at radius 2 is 2.00 bits per heavy atom. The second-order valence-electron chi connectivity index (χ2n) is 4.45. The van der Waals surface area contributed by atoms with Crippen LogP contribution in [0, 0.1) is 6.92 Å². The summed E-state index contributed by atoms with van der Waals surface area (Å²) >= 11 is 7.58. The van der Waals surface area contributed by atoms with Crippen molar-refractivity contribution in [2.75, 3.05) is 12.1 Å². The number of esters is 2. The second kappa shape index (κ2) is 7.29. The Hall–Kier alpha value is -2.05. The predicted octanol–water partition coefficient (Wildman–Crippen LogP) is 4.13. The van der Waals surface area contributed by atoms with Gasteiger partial charge in [-0.2, -0.15) is 0 Å². The van der Waals surface area contributed by atoms with Crippen LogP contribution in [-0.2, 0) is 14.3 Å². The van der Waals surface area contributed by atoms with Gasteiger partial charge in [-0.1, -0.05) is 23.7 Å². The molecule has 0 aliphatic carbocycles. The first-order valence-electron chi connectivity index (χ1n) is 6.38. The van der Waals surface area contributed by atoms with Gasteiger partial charge in [-0.3, -0.25) is 4.79 Å². The molecule has 0 spiro atoms. The number of carbonyl (C=O) groups excluding carboxylic acids is 2. The van der Waals surface area contributed by atoms with Gasteiger partial charge in [0.25, 0.3) is 0 Å². The summed E-state index contributed by atoms with van der Waals surface area (Å²) < 4.78 is 9.46. The molecule has 2 rings (SSSR count). The summed E-state index contributed by atoms with van der Waals surface area (Å²) in [6.45, 7) is 2.73. The molecule has 0 fully saturated rings. The van der Waals surface area contributed by atoms with Gasteiger partial charge in [-0.05, 0) is 18.6 Å². The number of anilines is 2. The molecule has 0 bridgehead atoms. The number of benzene rings is 1. The van der Waals surface area contributed by atoms with E-state index in [4.69, 9.17) is 16.3 Å². The van der Waals surface area contributed by atoms with E-state index in [9.17, 15) is 9.59 Å². The van der Waals surface area contributed by atoms with E-state index >= 15 is 0 Å². The fourth-order valence-electron chi connectivity index (χ4n) is 1.68. The van der Waals surface area contributed by atoms with Gasteiger partial charge in [0.15, 0.2) is 0 Å². The minimum absolute atomic E-state index is 0.356. The standard InChI is InChI=1S/C15H14ClNO4S/c1-9-4-3-5-12(14(9)16)17-13-7-22-6-11(13)15(19)21-8-20-10(2)18/h3-7,17H,8H2,1-2H3. The first-order chi connectivity index (χ1) is 10.5. The molecule has 0 unspecified atom stereocenters. The summed E-state index contributed by atoms with van der Waals surface area (Å²) in [5.41, 5.74) is 2.58. The zero-order chi connectivity index (χ0) is 16.1. The SMILES string of the molecule is CC(=O)OCOC(=O)c1cscc1Nc1cccc(C)c1Cl. The van der Waals surface area contributed by atoms with Crippen LogP contribution in [0.1, 0.15) is 22.8 Å². The summed E-state index contributed by atoms with van der Waals surface area (Å²) in [7, 11) is 0. The fraction of sp³-hybridized carbons (Fsp3) is 0.200. The van der Waals surface area contributed by atoms with E-state index in [1.165, 1.54) is 18.3 Å². The summed E-state index contributed by atoms with van der Waals surface area (Å²) in [6.07, 6.45) is 0. The molecule has 1 N–H and O–H groups in total. The van der Waals surface area contributed by atoms with Crippen molar-refractivity contribution in [1.29, 1.82) is 0 Å². The summed E-state index contributed by atoms with van der Waals surface area (Å²) in [6, 6.07) is 5.59. The molecule has 1 aromatic heterocycles. The Morgan fingerprint density at radius 3 is 2.73 bits per heavy atom. The Bertz CT molecular complexity index is 699. The van der Waals surface area contributed by atoms with E-state index < -0.39 is 18.7 Å². The number of aryl methyl sites for hydroxylation is 1. The van der Waals surface area contributed by atoms with Crippen molar-refractivity contribution in [3.8, 4) is 0 Å². The minimum Gasteiger partial charge on any atom is -0.428 e. The highest BCUT2D eigenvalue weighted by molar-refractivity contribution is 7.08. The van der Waals surface area contributed by atoms with Crippen LogP contribution in [0.15, 0.2) is 29.0 Å². The van der Waals surface area contributed by atoms with Crippen molar-refractivity contribution in [3.05, 3.63) is 45.1 Å². The first-order valence-corrected chi connectivity index (χ1v) is 7.70. The third-order valence-electron chi connectivity index (χ3n) is 2.80. The van der Waals surface area contributed by atoms with Crippen molar-refractivity contribution in [3.63, 3.8) is 0 Å². The highest BCUT2D eigenvalue weighted by Gasteiger charge is 2.16. The van der Waals surface area contributed by atoms with Crippen molar-refractivity contribution in [2.24, 2.45) is 0 Å². The predicted molar refractivity (Wildman–Crippen MR) is 85.8 cm³/mol. The van der Waals surface area contributed by atoms with Crippen molar-refractivity contribution < 1.29 is 19.1 Å². The van der Waals surface area contributed by atoms with Crippen LogP contribution in [0.3, 0.4) is 0 Å². The van der Waals surface area contributed by atoms with Gasteiger partial charge in [0.2, 0.25) is 6.79 Å². The fourth-order valence-corrected chi connectivity index (χ4v) is 2.61. The molecule has 22 heavy (non-hydrogen) atoms. The Morgan fingerprint density at radius 1 is 1.23 bits per heavy atom. The Kier molecular flexibility index (Phi) is 5.41. The third kappa shape index (κ3) is 3.99. The van der Waals surface area contributed by atoms with Crippen LogP contribution >= 0.6 is 22.9 Å². The number of ether oxygens (including phenoxy) is 2. The van der Waals surface area contributed by atoms with Gasteiger partial charge in [0.1, 0.15) is 0 Å². The van der Waals surface area contributed by atoms with Gasteiger partial charge < -0.3 is 14.8 Å². The van der Waals surface area contributed by atoms with Crippen LogP contribution in [0.2, 0.25) is 5.02 Å². The van der Waals surface area contributed by atoms with Gasteiger partial charge in [-0.25, -0.2) is 4.79 Å². The molecule has 0 saturated heterocycles. The first kappa shape index (κ1) is 16.3. The Balaban J connectivity index is 2.10. The lowest BCUT2D eigenvalue weighted by Crippen LogP contribution is -2.11. The highest BCUT2D eigenvalue weighted by Crippen LogP contribution is 2.31. The largest absolute Gasteiger partial charge is 0.428 e. The zero-order valence-corrected chi connectivity index (χ0v) is 13.6. The molecule has 0 radical (unpaired) electrons. The van der Waals surface area contributed by atoms with Crippen LogP contribution in [-0.4, -0.2) is 18.7 Å². The lowest BCUT2D eigenvalue weighted by atomic mass is 10.2. The van der Waals surface area contributed by atoms with Crippen molar-refractivity contribution >= 4 is 46.3 Å². The van der Waals surface area contributed by atoms with E-state index in [1.807, 2.05) is 25.1 Å². The zero-order valence-electron chi connectivity index (χ0n) is 12.0. The number of thiophene rings is 1. The normalized spacial score (nSPS) is 10.1. The van der Waals surface area contributed by atoms with E-state index in [-0.39, 0.29) is 0 Å². The minimum atomic E-state index is -0.575. The quantitative estimate of drug-likeness (QED) is 0.655. The highest BCUT2D eigenvalue weighted by atomic mass is 35.5. The van der Waals surface area contributed by atoms with Crippen LogP contribution in [0.25, 0.3) is 0 Å². The lowest BCUT2D eigenvalue weighted by Gasteiger charge is -2.10. The lowest BCUT2D eigenvalue weighted by molar-refractivity contribution is -0.149. The number of nitrogens with one attached hydrogen (secondary N) is 1. The summed E-state index contributed by atoms with van der Waals surface area (Å²) in [4.78, 5) is 22.6. The molecular formula is C15H14ClNO4S. The van der Waals surface area contributed by atoms with E-state index in [0.717, 1.165) is 5.56 Å². The maximum atomic E-state index is 12.0. The summed E-state index contributed by atoms with van der Waals surface area (Å²) in [5.74, 6) is -1.09. The molecule has 1 aromatic carbocycles. The smallest absolute Gasteiger partial charge is 0.343 e. The van der Waals surface area contributed by atoms with Crippen molar-refractivity contribution in [2.45, 2.75) is 13.8 Å². The molecular weight excluding hydrogens is 326 g/mol. The number of carbonyl (C=O) groups is 2. The van der Waals surface area contributed by atoms with Gasteiger partial charge in [-0.15, -0.1) is 11.3 Å². The summed E-state index contributed by atoms with van der Waals surface area (Å²) in [5, 5.41) is 7.14. The molecule has 0 amide bonds. The molecule has 0 aliphatic rings. The van der Waals surface area contributed by atoms with E-state index in [2.05, 4.69) is 10.1 Å². The number of halogens is 1. The number of hydrogen-bond acceptors (Lipinski definition) is 6. The molecule has 1 heterocycles. The molecule has 7 heteroatoms. The van der Waals surface area contributed by atoms with Gasteiger partial charge >= 0.3 is 11.9 Å². The van der Waals surface area contributed by atoms with Crippen molar-refractivity contribution in [1.82, 2.24) is 0 Å². The second-order valence-corrected chi connectivity index (χ2v) is 5.57. The van der Waals surface area contributed by atoms with E-state index in [0.29, 0.717) is 22.0 Å². The van der Waals surface area contributed by atoms with Gasteiger partial charge in [0.05, 0.1) is 22.0 Å². The average molecular weight is 340 g/mol. The van der Waals surface area contributed by atoms with E-state index in [1.54, 1.807) is 10.8 Å². The Labute approximate surface area is 136 Å². The average Bonchev–Trinajstić information content (AvgIpc) is 2.91. The monoisotopic (exact) mass is 339 g/mol. The molecule has 2 aromatic rings.